The maximum absolute atomic E-state index is 12.6. The summed E-state index contributed by atoms with van der Waals surface area (Å²) in [7, 11) is 0. The molecule has 8 nitrogen and oxygen atoms in total. The number of aryl methyl sites for hydroxylation is 1. The van der Waals surface area contributed by atoms with Crippen LogP contribution in [0.1, 0.15) is 55.0 Å². The van der Waals surface area contributed by atoms with Crippen molar-refractivity contribution in [1.29, 1.82) is 0 Å². The fraction of sp³-hybridized carbons (Fsp3) is 0.407. The molecule has 0 saturated heterocycles. The van der Waals surface area contributed by atoms with Crippen molar-refractivity contribution in [2.45, 2.75) is 65.5 Å². The molecule has 5 rings (SSSR count). The van der Waals surface area contributed by atoms with Crippen molar-refractivity contribution >= 4 is 0 Å². The number of aromatic nitrogens is 6. The fourth-order valence-corrected chi connectivity index (χ4v) is 4.47. The summed E-state index contributed by atoms with van der Waals surface area (Å²) >= 11 is 0. The van der Waals surface area contributed by atoms with Crippen molar-refractivity contribution < 1.29 is 23.0 Å². The van der Waals surface area contributed by atoms with Crippen LogP contribution in [0.3, 0.4) is 0 Å². The number of rotatable bonds is 8. The molecule has 1 aromatic carbocycles. The van der Waals surface area contributed by atoms with Crippen molar-refractivity contribution in [3.8, 4) is 22.8 Å². The molecule has 0 spiro atoms. The Labute approximate surface area is 218 Å². The highest BCUT2D eigenvalue weighted by Gasteiger charge is 2.31. The van der Waals surface area contributed by atoms with Crippen LogP contribution in [-0.4, -0.2) is 41.0 Å². The number of alkyl halides is 3. The number of halogens is 3. The van der Waals surface area contributed by atoms with E-state index in [9.17, 15) is 18.3 Å². The lowest BCUT2D eigenvalue weighted by Gasteiger charge is -2.18. The van der Waals surface area contributed by atoms with Crippen LogP contribution in [0.25, 0.3) is 17.1 Å². The van der Waals surface area contributed by atoms with Crippen LogP contribution in [0.5, 0.6) is 5.75 Å². The van der Waals surface area contributed by atoms with Gasteiger partial charge in [0.25, 0.3) is 0 Å². The molecule has 1 aliphatic carbocycles. The first-order valence-electron chi connectivity index (χ1n) is 12.4. The van der Waals surface area contributed by atoms with Crippen LogP contribution in [0.2, 0.25) is 0 Å². The van der Waals surface area contributed by atoms with E-state index < -0.39 is 12.0 Å². The maximum Gasteiger partial charge on any atom is 0.573 e. The van der Waals surface area contributed by atoms with Gasteiger partial charge in [0.1, 0.15) is 17.7 Å². The van der Waals surface area contributed by atoms with Gasteiger partial charge in [-0.25, -0.2) is 14.6 Å². The first-order valence-corrected chi connectivity index (χ1v) is 12.4. The zero-order valence-corrected chi connectivity index (χ0v) is 21.6. The van der Waals surface area contributed by atoms with Gasteiger partial charge in [-0.3, -0.25) is 4.68 Å². The topological polar surface area (TPSA) is 90.9 Å². The quantitative estimate of drug-likeness (QED) is 0.336. The van der Waals surface area contributed by atoms with Crippen LogP contribution in [0, 0.1) is 19.8 Å². The number of nitrogens with zero attached hydrogens (tertiary/aromatic N) is 6. The Morgan fingerprint density at radius 2 is 1.74 bits per heavy atom. The summed E-state index contributed by atoms with van der Waals surface area (Å²) in [5, 5.41) is 20.0. The minimum atomic E-state index is -4.74. The van der Waals surface area contributed by atoms with Crippen molar-refractivity contribution in [3.63, 3.8) is 0 Å². The molecule has 3 aromatic heterocycles. The van der Waals surface area contributed by atoms with E-state index in [1.54, 1.807) is 30.7 Å². The van der Waals surface area contributed by atoms with Crippen molar-refractivity contribution in [1.82, 2.24) is 29.5 Å². The van der Waals surface area contributed by atoms with Gasteiger partial charge in [-0.1, -0.05) is 0 Å². The lowest BCUT2D eigenvalue weighted by Crippen LogP contribution is -2.21. The molecular formula is C27H29F3N6O2. The molecule has 1 saturated carbocycles. The Morgan fingerprint density at radius 3 is 2.37 bits per heavy atom. The molecule has 0 radical (unpaired) electrons. The Balaban J connectivity index is 1.48. The lowest BCUT2D eigenvalue weighted by molar-refractivity contribution is -0.274. The fourth-order valence-electron chi connectivity index (χ4n) is 4.47. The van der Waals surface area contributed by atoms with E-state index in [-0.39, 0.29) is 5.75 Å². The van der Waals surface area contributed by atoms with Crippen LogP contribution >= 0.6 is 0 Å². The van der Waals surface area contributed by atoms with E-state index in [4.69, 9.17) is 5.10 Å². The molecule has 38 heavy (non-hydrogen) atoms. The first-order chi connectivity index (χ1) is 17.9. The lowest BCUT2D eigenvalue weighted by atomic mass is 10.0. The highest BCUT2D eigenvalue weighted by atomic mass is 19.4. The second-order valence-electron chi connectivity index (χ2n) is 10.3. The molecule has 0 atom stereocenters. The van der Waals surface area contributed by atoms with Crippen molar-refractivity contribution in [2.24, 2.45) is 5.92 Å². The summed E-state index contributed by atoms with van der Waals surface area (Å²) in [6.07, 6.45) is -0.489. The molecule has 200 valence electrons. The normalized spacial score (nSPS) is 14.2. The van der Waals surface area contributed by atoms with E-state index >= 15 is 0 Å². The summed E-state index contributed by atoms with van der Waals surface area (Å²) < 4.78 is 45.3. The molecule has 0 unspecified atom stereocenters. The maximum atomic E-state index is 12.6. The van der Waals surface area contributed by atoms with E-state index in [1.165, 1.54) is 18.5 Å². The summed E-state index contributed by atoms with van der Waals surface area (Å²) in [6, 6.07) is 9.44. The Hall–Kier alpha value is -3.73. The molecule has 3 heterocycles. The number of ether oxygens (including phenoxy) is 1. The Kier molecular flexibility index (Phi) is 6.50. The van der Waals surface area contributed by atoms with E-state index in [0.29, 0.717) is 35.1 Å². The highest BCUT2D eigenvalue weighted by Crippen LogP contribution is 2.34. The molecule has 11 heteroatoms. The van der Waals surface area contributed by atoms with Crippen LogP contribution < -0.4 is 4.74 Å². The van der Waals surface area contributed by atoms with Gasteiger partial charge in [0.15, 0.2) is 5.82 Å². The van der Waals surface area contributed by atoms with Gasteiger partial charge in [0.05, 0.1) is 22.8 Å². The molecule has 0 bridgehead atoms. The third-order valence-corrected chi connectivity index (χ3v) is 6.54. The minimum absolute atomic E-state index is 0.274. The monoisotopic (exact) mass is 526 g/mol. The highest BCUT2D eigenvalue weighted by molar-refractivity contribution is 5.65. The summed E-state index contributed by atoms with van der Waals surface area (Å²) in [4.78, 5) is 8.88. The molecule has 4 aromatic rings. The predicted octanol–water partition coefficient (Wildman–Crippen LogP) is 5.27. The molecule has 0 aliphatic heterocycles. The van der Waals surface area contributed by atoms with Crippen molar-refractivity contribution in [2.75, 3.05) is 0 Å². The zero-order valence-electron chi connectivity index (χ0n) is 21.6. The number of aliphatic hydroxyl groups is 1. The van der Waals surface area contributed by atoms with Gasteiger partial charge in [-0.2, -0.15) is 10.2 Å². The van der Waals surface area contributed by atoms with Gasteiger partial charge >= 0.3 is 6.36 Å². The molecule has 1 fully saturated rings. The summed E-state index contributed by atoms with van der Waals surface area (Å²) in [6.45, 7) is 7.99. The van der Waals surface area contributed by atoms with Gasteiger partial charge < -0.3 is 9.84 Å². The van der Waals surface area contributed by atoms with Gasteiger partial charge in [-0.05, 0) is 82.3 Å². The van der Waals surface area contributed by atoms with E-state index in [1.807, 2.05) is 30.7 Å². The molecule has 1 N–H and O–H groups in total. The number of hydrogen-bond acceptors (Lipinski definition) is 6. The van der Waals surface area contributed by atoms with E-state index in [2.05, 4.69) is 19.8 Å². The summed E-state index contributed by atoms with van der Waals surface area (Å²) in [5.41, 5.74) is 4.35. The number of hydrogen-bond donors (Lipinski definition) is 1. The Bertz CT molecular complexity index is 1450. The number of benzene rings is 1. The van der Waals surface area contributed by atoms with Gasteiger partial charge in [0, 0.05) is 30.3 Å². The summed E-state index contributed by atoms with van der Waals surface area (Å²) in [5.74, 6) is 0.835. The SMILES string of the molecule is Cc1cc(C(C)(C)O)n(-c2cc(Cc3c(C)c(-c4ccc(OC(F)(F)F)cc4)nn3CC3CC3)ncn2)n1. The third kappa shape index (κ3) is 5.72. The average Bonchev–Trinajstić information content (AvgIpc) is 3.48. The van der Waals surface area contributed by atoms with Crippen LogP contribution in [-0.2, 0) is 18.6 Å². The minimum Gasteiger partial charge on any atom is -0.406 e. The largest absolute Gasteiger partial charge is 0.573 e. The second kappa shape index (κ2) is 9.54. The van der Waals surface area contributed by atoms with Crippen molar-refractivity contribution in [3.05, 3.63) is 71.1 Å². The average molecular weight is 527 g/mol. The van der Waals surface area contributed by atoms with Gasteiger partial charge in [0.2, 0.25) is 0 Å². The second-order valence-corrected chi connectivity index (χ2v) is 10.3. The van der Waals surface area contributed by atoms with Gasteiger partial charge in [-0.15, -0.1) is 13.2 Å². The molecular weight excluding hydrogens is 497 g/mol. The Morgan fingerprint density at radius 1 is 1.03 bits per heavy atom. The molecule has 1 aliphatic rings. The van der Waals surface area contributed by atoms with Crippen LogP contribution in [0.15, 0.2) is 42.7 Å². The van der Waals surface area contributed by atoms with E-state index in [0.717, 1.165) is 42.0 Å². The predicted molar refractivity (Wildman–Crippen MR) is 134 cm³/mol. The van der Waals surface area contributed by atoms with Crippen LogP contribution in [0.4, 0.5) is 13.2 Å². The zero-order chi connectivity index (χ0) is 27.2. The molecule has 0 amide bonds. The third-order valence-electron chi connectivity index (χ3n) is 6.54. The standard InChI is InChI=1S/C27H29F3N6O2/c1-16-11-23(26(3,4)37)36(33-16)24-13-20(31-15-32-24)12-22-17(2)25(34-35(22)14-18-5-6-18)19-7-9-21(10-8-19)38-27(28,29)30/h7-11,13,15,18,37H,5-6,12,14H2,1-4H3. The smallest absolute Gasteiger partial charge is 0.406 e. The first kappa shape index (κ1) is 25.9.